The van der Waals surface area contributed by atoms with E-state index in [9.17, 15) is 24.0 Å². The molecule has 0 aromatic carbocycles. The van der Waals surface area contributed by atoms with Crippen molar-refractivity contribution in [2.45, 2.75) is 71.6 Å². The minimum Gasteiger partial charge on any atom is -0.463 e. The Morgan fingerprint density at radius 1 is 0.667 bits per heavy atom. The Bertz CT molecular complexity index is 599. The topological polar surface area (TPSA) is 132 Å². The third-order valence-corrected chi connectivity index (χ3v) is 3.58. The standard InChI is InChI=1S/C17H24O10/c1-8(18)6-13-15(24-10(3)20)17(26-12(5)22)16(25-11(4)21)14(27-13)7-23-9(2)19/h13-17H,6-7H2,1-5H3/t13-,14-,15+,16-,17-/m1/s1. The molecule has 0 radical (unpaired) electrons. The van der Waals surface area contributed by atoms with Crippen LogP contribution in [0.2, 0.25) is 0 Å². The molecule has 0 saturated carbocycles. The summed E-state index contributed by atoms with van der Waals surface area (Å²) in [6.45, 7) is 5.59. The maximum absolute atomic E-state index is 11.6. The van der Waals surface area contributed by atoms with Crippen molar-refractivity contribution < 1.29 is 47.7 Å². The van der Waals surface area contributed by atoms with Crippen LogP contribution >= 0.6 is 0 Å². The molecule has 1 rings (SSSR count). The van der Waals surface area contributed by atoms with Crippen molar-refractivity contribution in [3.63, 3.8) is 0 Å². The highest BCUT2D eigenvalue weighted by atomic mass is 16.7. The Kier molecular flexibility index (Phi) is 8.35. The van der Waals surface area contributed by atoms with Crippen LogP contribution < -0.4 is 0 Å². The van der Waals surface area contributed by atoms with Crippen LogP contribution in [0.3, 0.4) is 0 Å². The van der Waals surface area contributed by atoms with E-state index in [4.69, 9.17) is 23.7 Å². The van der Waals surface area contributed by atoms with Gasteiger partial charge in [-0.1, -0.05) is 0 Å². The van der Waals surface area contributed by atoms with Crippen LogP contribution in [-0.2, 0) is 47.7 Å². The largest absolute Gasteiger partial charge is 0.463 e. The first-order chi connectivity index (χ1) is 12.5. The Morgan fingerprint density at radius 3 is 1.52 bits per heavy atom. The van der Waals surface area contributed by atoms with E-state index in [1.165, 1.54) is 13.8 Å². The van der Waals surface area contributed by atoms with Crippen molar-refractivity contribution in [2.75, 3.05) is 6.61 Å². The summed E-state index contributed by atoms with van der Waals surface area (Å²) in [5.74, 6) is -3.00. The van der Waals surface area contributed by atoms with E-state index in [2.05, 4.69) is 0 Å². The molecule has 5 atom stereocenters. The van der Waals surface area contributed by atoms with Crippen LogP contribution in [0.15, 0.2) is 0 Å². The molecule has 10 heteroatoms. The minimum atomic E-state index is -1.24. The highest BCUT2D eigenvalue weighted by Gasteiger charge is 2.52. The molecule has 10 nitrogen and oxygen atoms in total. The molecule has 0 aromatic rings. The van der Waals surface area contributed by atoms with Gasteiger partial charge in [0, 0.05) is 34.1 Å². The number of carbonyl (C=O) groups is 5. The lowest BCUT2D eigenvalue weighted by atomic mass is 9.92. The molecule has 0 aliphatic carbocycles. The molecular formula is C17H24O10. The Balaban J connectivity index is 3.29. The molecule has 0 N–H and O–H groups in total. The van der Waals surface area contributed by atoms with Crippen LogP contribution in [0.5, 0.6) is 0 Å². The van der Waals surface area contributed by atoms with E-state index in [1.807, 2.05) is 0 Å². The van der Waals surface area contributed by atoms with E-state index in [0.717, 1.165) is 20.8 Å². The number of esters is 4. The summed E-state index contributed by atoms with van der Waals surface area (Å²) in [5.41, 5.74) is 0. The van der Waals surface area contributed by atoms with Gasteiger partial charge in [-0.05, 0) is 6.92 Å². The summed E-state index contributed by atoms with van der Waals surface area (Å²) >= 11 is 0. The van der Waals surface area contributed by atoms with Gasteiger partial charge in [0.25, 0.3) is 0 Å². The molecule has 1 saturated heterocycles. The van der Waals surface area contributed by atoms with Gasteiger partial charge in [-0.25, -0.2) is 0 Å². The molecular weight excluding hydrogens is 364 g/mol. The fraction of sp³-hybridized carbons (Fsp3) is 0.706. The summed E-state index contributed by atoms with van der Waals surface area (Å²) in [6, 6.07) is 0. The van der Waals surface area contributed by atoms with Gasteiger partial charge in [-0.15, -0.1) is 0 Å². The van der Waals surface area contributed by atoms with E-state index in [-0.39, 0.29) is 18.8 Å². The smallest absolute Gasteiger partial charge is 0.303 e. The average molecular weight is 388 g/mol. The highest BCUT2D eigenvalue weighted by molar-refractivity contribution is 5.76. The molecule has 1 fully saturated rings. The predicted molar refractivity (Wildman–Crippen MR) is 87.3 cm³/mol. The fourth-order valence-electron chi connectivity index (χ4n) is 2.77. The van der Waals surface area contributed by atoms with Crippen molar-refractivity contribution >= 4 is 29.7 Å². The van der Waals surface area contributed by atoms with Crippen molar-refractivity contribution in [1.29, 1.82) is 0 Å². The van der Waals surface area contributed by atoms with Crippen molar-refractivity contribution in [1.82, 2.24) is 0 Å². The number of hydrogen-bond acceptors (Lipinski definition) is 10. The third-order valence-electron chi connectivity index (χ3n) is 3.58. The van der Waals surface area contributed by atoms with E-state index in [0.29, 0.717) is 0 Å². The lowest BCUT2D eigenvalue weighted by Crippen LogP contribution is -2.62. The number of carbonyl (C=O) groups excluding carboxylic acids is 5. The number of rotatable bonds is 7. The first-order valence-corrected chi connectivity index (χ1v) is 8.31. The van der Waals surface area contributed by atoms with Crippen molar-refractivity contribution in [3.8, 4) is 0 Å². The zero-order valence-corrected chi connectivity index (χ0v) is 15.9. The quantitative estimate of drug-likeness (QED) is 0.436. The highest BCUT2D eigenvalue weighted by Crippen LogP contribution is 2.30. The van der Waals surface area contributed by atoms with E-state index < -0.39 is 54.4 Å². The first-order valence-electron chi connectivity index (χ1n) is 8.31. The summed E-state index contributed by atoms with van der Waals surface area (Å²) in [4.78, 5) is 57.4. The molecule has 1 aliphatic rings. The van der Waals surface area contributed by atoms with Crippen molar-refractivity contribution in [3.05, 3.63) is 0 Å². The lowest BCUT2D eigenvalue weighted by molar-refractivity contribution is -0.252. The Hall–Kier alpha value is -2.49. The summed E-state index contributed by atoms with van der Waals surface area (Å²) < 4.78 is 26.3. The number of Topliss-reactive ketones (excluding diaryl/α,β-unsaturated/α-hetero) is 1. The summed E-state index contributed by atoms with van der Waals surface area (Å²) in [6.07, 6.45) is -5.80. The maximum atomic E-state index is 11.6. The fourth-order valence-corrected chi connectivity index (χ4v) is 2.77. The van der Waals surface area contributed by atoms with Gasteiger partial charge < -0.3 is 23.7 Å². The van der Waals surface area contributed by atoms with Gasteiger partial charge in [0.05, 0.1) is 0 Å². The molecule has 0 bridgehead atoms. The van der Waals surface area contributed by atoms with Gasteiger partial charge in [-0.2, -0.15) is 0 Å². The third kappa shape index (κ3) is 7.33. The number of hydrogen-bond donors (Lipinski definition) is 0. The van der Waals surface area contributed by atoms with Gasteiger partial charge in [0.1, 0.15) is 24.6 Å². The Labute approximate surface area is 156 Å². The zero-order valence-electron chi connectivity index (χ0n) is 15.9. The van der Waals surface area contributed by atoms with Crippen LogP contribution in [0.1, 0.15) is 41.0 Å². The minimum absolute atomic E-state index is 0.154. The first kappa shape index (κ1) is 22.6. The van der Waals surface area contributed by atoms with Gasteiger partial charge >= 0.3 is 23.9 Å². The van der Waals surface area contributed by atoms with Crippen LogP contribution in [-0.4, -0.2) is 66.8 Å². The second kappa shape index (κ2) is 10.0. The second-order valence-corrected chi connectivity index (χ2v) is 6.14. The van der Waals surface area contributed by atoms with Crippen LogP contribution in [0, 0.1) is 0 Å². The predicted octanol–water partition coefficient (Wildman–Crippen LogP) is 0.0911. The zero-order chi connectivity index (χ0) is 20.7. The second-order valence-electron chi connectivity index (χ2n) is 6.14. The lowest BCUT2D eigenvalue weighted by Gasteiger charge is -2.44. The van der Waals surface area contributed by atoms with Gasteiger partial charge in [0.2, 0.25) is 0 Å². The molecule has 1 aliphatic heterocycles. The van der Waals surface area contributed by atoms with Gasteiger partial charge in [-0.3, -0.25) is 24.0 Å². The van der Waals surface area contributed by atoms with Crippen LogP contribution in [0.25, 0.3) is 0 Å². The average Bonchev–Trinajstić information content (AvgIpc) is 2.49. The summed E-state index contributed by atoms with van der Waals surface area (Å²) in [7, 11) is 0. The molecule has 152 valence electrons. The van der Waals surface area contributed by atoms with E-state index in [1.54, 1.807) is 0 Å². The van der Waals surface area contributed by atoms with Crippen molar-refractivity contribution in [2.24, 2.45) is 0 Å². The Morgan fingerprint density at radius 2 is 1.11 bits per heavy atom. The normalized spacial score (nSPS) is 27.2. The van der Waals surface area contributed by atoms with Gasteiger partial charge in [0.15, 0.2) is 18.3 Å². The monoisotopic (exact) mass is 388 g/mol. The molecule has 0 aromatic heterocycles. The number of ether oxygens (including phenoxy) is 5. The maximum Gasteiger partial charge on any atom is 0.303 e. The molecule has 0 unspecified atom stereocenters. The van der Waals surface area contributed by atoms with E-state index >= 15 is 0 Å². The van der Waals surface area contributed by atoms with Crippen LogP contribution in [0.4, 0.5) is 0 Å². The molecule has 0 spiro atoms. The summed E-state index contributed by atoms with van der Waals surface area (Å²) in [5, 5.41) is 0. The SMILES string of the molecule is CC(=O)C[C@H]1O[C@H](COC(C)=O)[C@@H](OC(C)=O)[C@H](OC(C)=O)[C@H]1OC(C)=O. The molecule has 1 heterocycles. The molecule has 0 amide bonds. The number of ketones is 1. The molecule has 27 heavy (non-hydrogen) atoms.